The van der Waals surface area contributed by atoms with Crippen LogP contribution < -0.4 is 10.2 Å². The van der Waals surface area contributed by atoms with Crippen LogP contribution in [-0.2, 0) is 0 Å². The molecule has 2 heterocycles. The Morgan fingerprint density at radius 1 is 0.964 bits per heavy atom. The van der Waals surface area contributed by atoms with Gasteiger partial charge in [-0.3, -0.25) is 9.80 Å². The van der Waals surface area contributed by atoms with Crippen LogP contribution in [0.25, 0.3) is 0 Å². The Morgan fingerprint density at radius 2 is 1.75 bits per heavy atom. The minimum Gasteiger partial charge on any atom is -0.368 e. The smallest absolute Gasteiger partial charge is 0.0825 e. The molecule has 0 spiro atoms. The lowest BCUT2D eigenvalue weighted by Gasteiger charge is -2.40. The van der Waals surface area contributed by atoms with E-state index >= 15 is 0 Å². The van der Waals surface area contributed by atoms with E-state index in [0.717, 1.165) is 50.5 Å². The highest BCUT2D eigenvalue weighted by molar-refractivity contribution is 6.43. The third-order valence-electron chi connectivity index (χ3n) is 6.94. The molecule has 0 unspecified atom stereocenters. The van der Waals surface area contributed by atoms with Gasteiger partial charge in [-0.15, -0.1) is 0 Å². The van der Waals surface area contributed by atoms with E-state index in [2.05, 4.69) is 26.1 Å². The summed E-state index contributed by atoms with van der Waals surface area (Å²) < 4.78 is 0. The summed E-state index contributed by atoms with van der Waals surface area (Å²) in [6.07, 6.45) is 8.30. The molecule has 3 fully saturated rings. The van der Waals surface area contributed by atoms with Crippen molar-refractivity contribution in [1.29, 1.82) is 0 Å². The van der Waals surface area contributed by atoms with Gasteiger partial charge in [-0.25, -0.2) is 0 Å². The van der Waals surface area contributed by atoms with Gasteiger partial charge < -0.3 is 10.2 Å². The lowest BCUT2D eigenvalue weighted by molar-refractivity contribution is 0.102. The largest absolute Gasteiger partial charge is 0.368 e. The third-order valence-corrected chi connectivity index (χ3v) is 7.75. The molecule has 28 heavy (non-hydrogen) atoms. The number of anilines is 1. The highest BCUT2D eigenvalue weighted by Gasteiger charge is 2.27. The van der Waals surface area contributed by atoms with Gasteiger partial charge in [0.25, 0.3) is 0 Å². The molecule has 2 saturated heterocycles. The molecular formula is C22H34Cl2N4. The van der Waals surface area contributed by atoms with Gasteiger partial charge in [0.05, 0.1) is 15.7 Å². The fourth-order valence-electron chi connectivity index (χ4n) is 5.13. The van der Waals surface area contributed by atoms with Crippen LogP contribution in [-0.4, -0.2) is 68.3 Å². The number of nitrogens with zero attached hydrogens (tertiary/aromatic N) is 3. The van der Waals surface area contributed by atoms with Gasteiger partial charge in [-0.05, 0) is 69.7 Å². The van der Waals surface area contributed by atoms with E-state index in [-0.39, 0.29) is 0 Å². The number of benzene rings is 1. The standard InChI is InChI=1S/C22H34Cl2N4/c23-20-3-1-4-21(22(20)24)27-15-13-26(14-16-27)12-9-18-5-7-19(8-6-18)28-11-2-10-25-17-28/h1,3-4,18-19,25H,2,5-17H2/t18-,19-. The van der Waals surface area contributed by atoms with Crippen LogP contribution in [0.4, 0.5) is 5.69 Å². The Kier molecular flexibility index (Phi) is 7.40. The first-order valence-corrected chi connectivity index (χ1v) is 11.8. The highest BCUT2D eigenvalue weighted by atomic mass is 35.5. The van der Waals surface area contributed by atoms with Crippen molar-refractivity contribution < 1.29 is 0 Å². The molecule has 156 valence electrons. The van der Waals surface area contributed by atoms with Gasteiger partial charge in [0.2, 0.25) is 0 Å². The van der Waals surface area contributed by atoms with E-state index in [1.165, 1.54) is 58.2 Å². The second kappa shape index (κ2) is 9.99. The number of nitrogens with one attached hydrogen (secondary N) is 1. The number of halogens is 2. The molecule has 0 bridgehead atoms. The molecule has 1 saturated carbocycles. The van der Waals surface area contributed by atoms with Crippen LogP contribution in [0.2, 0.25) is 10.0 Å². The van der Waals surface area contributed by atoms with Crippen molar-refractivity contribution in [3.63, 3.8) is 0 Å². The average Bonchev–Trinajstić information content (AvgIpc) is 2.76. The molecule has 0 amide bonds. The predicted octanol–water partition coefficient (Wildman–Crippen LogP) is 4.32. The molecule has 1 aromatic rings. The van der Waals surface area contributed by atoms with E-state index in [4.69, 9.17) is 23.2 Å². The van der Waals surface area contributed by atoms with Gasteiger partial charge >= 0.3 is 0 Å². The molecule has 2 aliphatic heterocycles. The zero-order valence-electron chi connectivity index (χ0n) is 16.9. The molecule has 1 aliphatic carbocycles. The van der Waals surface area contributed by atoms with Crippen LogP contribution in [0.15, 0.2) is 18.2 Å². The Balaban J connectivity index is 1.16. The summed E-state index contributed by atoms with van der Waals surface area (Å²) in [5, 5.41) is 4.88. The number of piperazine rings is 1. The summed E-state index contributed by atoms with van der Waals surface area (Å²) in [5.41, 5.74) is 1.08. The first-order chi connectivity index (χ1) is 13.7. The Morgan fingerprint density at radius 3 is 2.46 bits per heavy atom. The molecule has 4 nitrogen and oxygen atoms in total. The van der Waals surface area contributed by atoms with Crippen molar-refractivity contribution in [3.05, 3.63) is 28.2 Å². The molecule has 0 atom stereocenters. The quantitative estimate of drug-likeness (QED) is 0.759. The maximum atomic E-state index is 6.40. The summed E-state index contributed by atoms with van der Waals surface area (Å²) in [5.74, 6) is 0.925. The Hall–Kier alpha value is -0.520. The Bertz CT molecular complexity index is 619. The normalized spacial score (nSPS) is 27.9. The molecule has 0 aromatic heterocycles. The van der Waals surface area contributed by atoms with E-state index in [1.54, 1.807) is 0 Å². The second-order valence-electron chi connectivity index (χ2n) is 8.69. The van der Waals surface area contributed by atoms with Crippen LogP contribution in [0.5, 0.6) is 0 Å². The first kappa shape index (κ1) is 20.7. The maximum Gasteiger partial charge on any atom is 0.0825 e. The lowest BCUT2D eigenvalue weighted by atomic mass is 9.83. The van der Waals surface area contributed by atoms with Crippen molar-refractivity contribution in [2.45, 2.75) is 44.6 Å². The molecule has 1 N–H and O–H groups in total. The van der Waals surface area contributed by atoms with Gasteiger partial charge in [0.1, 0.15) is 0 Å². The SMILES string of the molecule is Clc1cccc(N2CCN(CC[C@H]3CC[C@H](N4CCCNC4)CC3)CC2)c1Cl. The molecule has 4 rings (SSSR count). The number of hydrogen-bond donors (Lipinski definition) is 1. The van der Waals surface area contributed by atoms with Crippen LogP contribution >= 0.6 is 23.2 Å². The first-order valence-electron chi connectivity index (χ1n) is 11.1. The summed E-state index contributed by atoms with van der Waals surface area (Å²) in [6.45, 7) is 9.17. The molecule has 0 radical (unpaired) electrons. The van der Waals surface area contributed by atoms with Crippen LogP contribution in [0.3, 0.4) is 0 Å². The van der Waals surface area contributed by atoms with Crippen LogP contribution in [0.1, 0.15) is 38.5 Å². The van der Waals surface area contributed by atoms with Gasteiger partial charge in [-0.1, -0.05) is 29.3 Å². The minimum atomic E-state index is 0.650. The number of hydrogen-bond acceptors (Lipinski definition) is 4. The van der Waals surface area contributed by atoms with Gasteiger partial charge in [0.15, 0.2) is 0 Å². The summed E-state index contributed by atoms with van der Waals surface area (Å²) in [7, 11) is 0. The third kappa shape index (κ3) is 5.14. The van der Waals surface area contributed by atoms with E-state index in [0.29, 0.717) is 10.0 Å². The molecule has 1 aromatic carbocycles. The zero-order valence-corrected chi connectivity index (χ0v) is 18.4. The molecular weight excluding hydrogens is 391 g/mol. The Labute approximate surface area is 180 Å². The van der Waals surface area contributed by atoms with Crippen LogP contribution in [0, 0.1) is 5.92 Å². The van der Waals surface area contributed by atoms with Crippen molar-refractivity contribution >= 4 is 28.9 Å². The van der Waals surface area contributed by atoms with E-state index in [1.807, 2.05) is 12.1 Å². The summed E-state index contributed by atoms with van der Waals surface area (Å²) in [6, 6.07) is 6.77. The minimum absolute atomic E-state index is 0.650. The topological polar surface area (TPSA) is 21.8 Å². The van der Waals surface area contributed by atoms with Gasteiger partial charge in [0, 0.05) is 45.4 Å². The van der Waals surface area contributed by atoms with E-state index < -0.39 is 0 Å². The highest BCUT2D eigenvalue weighted by Crippen LogP contribution is 2.33. The predicted molar refractivity (Wildman–Crippen MR) is 120 cm³/mol. The van der Waals surface area contributed by atoms with Crippen molar-refractivity contribution in [1.82, 2.24) is 15.1 Å². The summed E-state index contributed by atoms with van der Waals surface area (Å²) in [4.78, 5) is 7.69. The summed E-state index contributed by atoms with van der Waals surface area (Å²) >= 11 is 12.6. The van der Waals surface area contributed by atoms with E-state index in [9.17, 15) is 0 Å². The van der Waals surface area contributed by atoms with Crippen molar-refractivity contribution in [2.24, 2.45) is 5.92 Å². The average molecular weight is 425 g/mol. The van der Waals surface area contributed by atoms with Crippen molar-refractivity contribution in [3.8, 4) is 0 Å². The fourth-order valence-corrected chi connectivity index (χ4v) is 5.55. The molecule has 3 aliphatic rings. The second-order valence-corrected chi connectivity index (χ2v) is 9.47. The maximum absolute atomic E-state index is 6.40. The fraction of sp³-hybridized carbons (Fsp3) is 0.727. The lowest BCUT2D eigenvalue weighted by Crippen LogP contribution is -2.48. The number of rotatable bonds is 5. The monoisotopic (exact) mass is 424 g/mol. The van der Waals surface area contributed by atoms with Gasteiger partial charge in [-0.2, -0.15) is 0 Å². The molecule has 6 heteroatoms. The zero-order chi connectivity index (χ0) is 19.3. The van der Waals surface area contributed by atoms with Crippen molar-refractivity contribution in [2.75, 3.05) is 57.4 Å².